The summed E-state index contributed by atoms with van der Waals surface area (Å²) < 4.78 is 48.8. The lowest BCUT2D eigenvalue weighted by molar-refractivity contribution is -0.916. The molecule has 3 N–H and O–H groups in total. The van der Waals surface area contributed by atoms with Gasteiger partial charge in [-0.05, 0) is 111 Å². The smallest absolute Gasteiger partial charge is 0.346 e. The molecule has 0 bridgehead atoms. The van der Waals surface area contributed by atoms with Gasteiger partial charge >= 0.3 is 17.9 Å². The number of likely N-dealkylation sites (N-methyl/N-ethyl adjacent to an activating group) is 3. The Morgan fingerprint density at radius 2 is 0.942 bits per heavy atom. The zero-order valence-corrected chi connectivity index (χ0v) is 65.5. The van der Waals surface area contributed by atoms with Gasteiger partial charge in [-0.2, -0.15) is 0 Å². The van der Waals surface area contributed by atoms with Gasteiger partial charge in [0.15, 0.2) is 29.5 Å². The van der Waals surface area contributed by atoms with E-state index >= 15 is 0 Å². The van der Waals surface area contributed by atoms with Crippen LogP contribution >= 0.6 is 11.6 Å². The minimum absolute atomic E-state index is 0. The Morgan fingerprint density at radius 1 is 0.495 bits per heavy atom. The summed E-state index contributed by atoms with van der Waals surface area (Å²) in [5.74, 6) is 0.825. The lowest BCUT2D eigenvalue weighted by atomic mass is 9.75. The third-order valence-electron chi connectivity index (χ3n) is 22.6. The van der Waals surface area contributed by atoms with Gasteiger partial charge in [-0.3, -0.25) is 0 Å². The average molecular weight is 1590 g/mol. The van der Waals surface area contributed by atoms with Crippen LogP contribution in [-0.2, 0) is 56.7 Å². The molecule has 0 radical (unpaired) electrons. The van der Waals surface area contributed by atoms with Crippen molar-refractivity contribution in [1.82, 2.24) is 0 Å². The zero-order valence-electron chi connectivity index (χ0n) is 60.8. The predicted molar refractivity (Wildman–Crippen MR) is 385 cm³/mol. The number of nitrogens with zero attached hydrogens (tertiary/aromatic N) is 3. The molecule has 3 saturated heterocycles. The van der Waals surface area contributed by atoms with Crippen LogP contribution < -0.4 is 60.6 Å². The number of furan rings is 1. The summed E-state index contributed by atoms with van der Waals surface area (Å²) in [5, 5.41) is 35.5. The van der Waals surface area contributed by atoms with Gasteiger partial charge < -0.3 is 113 Å². The molecule has 0 spiro atoms. The number of carbonyl (C=O) groups excluding carboxylic acids is 3. The number of benzene rings is 5. The SMILES string of the molecule is CC[N+]1(CCCOc2ccc(OC)cc2)CCC(OC(=O)[C@](O)(c2ccccc2)C2CCCC2)C1.C[N+]1(CCCOc2ccccc2Cl)CC[C@@H](OC(=O)[C@](O)(c2ccccc2)C2CCCC2)C1.C[N+]1(CCOCc2ccccc2)CC[C@@H](OC(=O)C(O)(c2ccco2)C2CCCCC2)C1.[Br-].[Br-].[Cl-]. The second-order valence-corrected chi connectivity index (χ2v) is 30.0. The number of ether oxygens (including phenoxy) is 7. The van der Waals surface area contributed by atoms with E-state index in [1.54, 1.807) is 19.2 Å². The predicted octanol–water partition coefficient (Wildman–Crippen LogP) is 4.68. The van der Waals surface area contributed by atoms with E-state index in [1.165, 1.54) is 11.8 Å². The highest BCUT2D eigenvalue weighted by atomic mass is 79.9. The molecule has 3 aliphatic carbocycles. The molecule has 21 heteroatoms. The summed E-state index contributed by atoms with van der Waals surface area (Å²) in [6, 6.07) is 47.4. The number of likely N-dealkylation sites (tertiary alicyclic amines) is 3. The molecule has 1 aromatic heterocycles. The van der Waals surface area contributed by atoms with E-state index in [9.17, 15) is 29.7 Å². The number of methoxy groups -OCH3 is 1. The van der Waals surface area contributed by atoms with Gasteiger partial charge in [-0.15, -0.1) is 0 Å². The molecule has 3 aliphatic heterocycles. The molecule has 12 rings (SSSR count). The summed E-state index contributed by atoms with van der Waals surface area (Å²) in [6.45, 7) is 13.6. The first kappa shape index (κ1) is 84.7. The number of quaternary nitrogens is 3. The molecule has 566 valence electrons. The molecule has 9 atom stereocenters. The van der Waals surface area contributed by atoms with Crippen LogP contribution in [0, 0.1) is 17.8 Å². The number of para-hydroxylation sites is 1. The summed E-state index contributed by atoms with van der Waals surface area (Å²) in [7, 11) is 6.03. The number of halogens is 4. The number of hydrogen-bond acceptors (Lipinski definition) is 14. The first-order valence-corrected chi connectivity index (χ1v) is 37.5. The van der Waals surface area contributed by atoms with Crippen molar-refractivity contribution in [2.75, 3.05) is 106 Å². The normalized spacial score (nSPS) is 24.3. The Morgan fingerprint density at radius 3 is 1.46 bits per heavy atom. The van der Waals surface area contributed by atoms with E-state index in [0.29, 0.717) is 54.1 Å². The second kappa shape index (κ2) is 40.4. The molecule has 6 aromatic rings. The highest BCUT2D eigenvalue weighted by Gasteiger charge is 2.54. The standard InChI is InChI=1S/C29H40NO5.C27H35ClNO4.C26H36NO5.2BrH.ClH/c1-3-30(19-9-21-34-26-16-14-25(33-2)15-17-26)20-18-27(22-30)35-28(31)29(32,24-12-7-8-13-24)23-10-5-4-6-11-23;1-29(17-9-19-32-25-15-8-7-14-24(25)28)18-16-23(20-29)33-26(30)27(31,22-12-5-6-13-22)21-10-3-2-4-11-21;1-27(16-18-30-20-21-9-4-2-5-10-21)15-14-23(19-27)32-25(28)26(29,24-13-8-17-31-24)22-11-6-3-7-12-22;;;/h4-6,10-11,14-17,24,27,32H,3,7-9,12-13,18-22H2,1-2H3;2-4,7-8,10-11,14-15,22-23,31H,5-6,9,12-13,16-20H2,1H3;2,4-5,8-10,13,17,22-23,29H,3,6-7,11-12,14-16,18-20H2,1H3;3*1H/q3*+1;;;/p-3/t27?,29-,30?;23-,27+,29?;23-,26?,27?;;;/m011.../s1. The molecule has 6 aliphatic rings. The Hall–Kier alpha value is -5.55. The molecule has 3 saturated carbocycles. The first-order valence-electron chi connectivity index (χ1n) is 37.1. The van der Waals surface area contributed by atoms with Gasteiger partial charge in [-0.25, -0.2) is 14.4 Å². The molecule has 0 amide bonds. The van der Waals surface area contributed by atoms with Gasteiger partial charge in [-0.1, -0.05) is 160 Å². The van der Waals surface area contributed by atoms with Gasteiger partial charge in [0.2, 0.25) is 5.60 Å². The van der Waals surface area contributed by atoms with Crippen LogP contribution in [0.25, 0.3) is 0 Å². The Balaban J connectivity index is 0.000000213. The summed E-state index contributed by atoms with van der Waals surface area (Å²) in [5.41, 5.74) is -2.35. The Kier molecular flexibility index (Phi) is 33.2. The Labute approximate surface area is 643 Å². The van der Waals surface area contributed by atoms with Crippen molar-refractivity contribution >= 4 is 29.5 Å². The highest BCUT2D eigenvalue weighted by molar-refractivity contribution is 6.32. The third kappa shape index (κ3) is 22.3. The lowest BCUT2D eigenvalue weighted by Gasteiger charge is -2.35. The van der Waals surface area contributed by atoms with Crippen LogP contribution in [0.15, 0.2) is 162 Å². The Bertz CT molecular complexity index is 3470. The van der Waals surface area contributed by atoms with Crippen molar-refractivity contribution in [2.45, 2.75) is 164 Å². The monoisotopic (exact) mass is 1590 g/mol. The van der Waals surface area contributed by atoms with E-state index in [2.05, 4.69) is 33.2 Å². The fraction of sp³-hybridized carbons (Fsp3) is 0.549. The summed E-state index contributed by atoms with van der Waals surface area (Å²) in [4.78, 5) is 40.1. The maximum Gasteiger partial charge on any atom is 0.346 e. The van der Waals surface area contributed by atoms with Crippen LogP contribution in [-0.4, -0.2) is 171 Å². The summed E-state index contributed by atoms with van der Waals surface area (Å²) in [6.07, 6.45) is 17.6. The van der Waals surface area contributed by atoms with Crippen LogP contribution in [0.4, 0.5) is 0 Å². The second-order valence-electron chi connectivity index (χ2n) is 29.6. The van der Waals surface area contributed by atoms with Crippen molar-refractivity contribution in [3.05, 3.63) is 185 Å². The van der Waals surface area contributed by atoms with Gasteiger partial charge in [0.25, 0.3) is 0 Å². The third-order valence-corrected chi connectivity index (χ3v) is 22.9. The average Bonchev–Trinajstić information content (AvgIpc) is 1.77. The van der Waals surface area contributed by atoms with Crippen LogP contribution in [0.3, 0.4) is 0 Å². The number of rotatable bonds is 29. The minimum Gasteiger partial charge on any atom is -1.00 e. The molecule has 6 fully saturated rings. The van der Waals surface area contributed by atoms with Crippen LogP contribution in [0.5, 0.6) is 17.2 Å². The number of hydrogen-bond donors (Lipinski definition) is 3. The van der Waals surface area contributed by atoms with Crippen LogP contribution in [0.1, 0.15) is 145 Å². The number of esters is 3. The van der Waals surface area contributed by atoms with E-state index in [4.69, 9.17) is 49.2 Å². The highest BCUT2D eigenvalue weighted by Crippen LogP contribution is 2.45. The van der Waals surface area contributed by atoms with Crippen molar-refractivity contribution < 1.29 is 127 Å². The zero-order chi connectivity index (χ0) is 70.5. The van der Waals surface area contributed by atoms with E-state index in [-0.39, 0.29) is 82.4 Å². The molecule has 17 nitrogen and oxygen atoms in total. The summed E-state index contributed by atoms with van der Waals surface area (Å²) >= 11 is 6.16. The molecular formula is C82H111Br2Cl2N3O14. The molecule has 4 heterocycles. The van der Waals surface area contributed by atoms with E-state index in [0.717, 1.165) is 206 Å². The fourth-order valence-corrected chi connectivity index (χ4v) is 16.6. The lowest BCUT2D eigenvalue weighted by Crippen LogP contribution is -3.00. The minimum atomic E-state index is -1.70. The van der Waals surface area contributed by atoms with Gasteiger partial charge in [0, 0.05) is 49.9 Å². The molecule has 5 unspecified atom stereocenters. The van der Waals surface area contributed by atoms with Crippen molar-refractivity contribution in [1.29, 1.82) is 0 Å². The van der Waals surface area contributed by atoms with Crippen LogP contribution in [0.2, 0.25) is 5.02 Å². The van der Waals surface area contributed by atoms with Crippen molar-refractivity contribution in [3.8, 4) is 17.2 Å². The number of aliphatic hydroxyl groups is 3. The topological polar surface area (TPSA) is 190 Å². The fourth-order valence-electron chi connectivity index (χ4n) is 16.5. The maximum atomic E-state index is 13.5. The number of carbonyl (C=O) groups is 3. The largest absolute Gasteiger partial charge is 1.00 e. The molecule has 103 heavy (non-hydrogen) atoms. The van der Waals surface area contributed by atoms with E-state index in [1.807, 2.05) is 127 Å². The molecule has 5 aromatic carbocycles. The quantitative estimate of drug-likeness (QED) is 0.0254. The first-order chi connectivity index (χ1) is 48.4. The van der Waals surface area contributed by atoms with E-state index < -0.39 is 34.7 Å². The maximum absolute atomic E-state index is 13.5. The van der Waals surface area contributed by atoms with Crippen molar-refractivity contribution in [3.63, 3.8) is 0 Å². The molecular weight excluding hydrogens is 1480 g/mol. The van der Waals surface area contributed by atoms with Crippen molar-refractivity contribution in [2.24, 2.45) is 17.8 Å². The van der Waals surface area contributed by atoms with Gasteiger partial charge in [0.05, 0.1) is 98.2 Å². The van der Waals surface area contributed by atoms with Gasteiger partial charge in [0.1, 0.15) is 49.2 Å².